The minimum Gasteiger partial charge on any atom is -0.454 e. The minimum absolute atomic E-state index is 0.237. The van der Waals surface area contributed by atoms with Crippen LogP contribution >= 0.6 is 22.6 Å². The van der Waals surface area contributed by atoms with Crippen LogP contribution in [0.3, 0.4) is 0 Å². The summed E-state index contributed by atoms with van der Waals surface area (Å²) in [6, 6.07) is 11.1. The van der Waals surface area contributed by atoms with Gasteiger partial charge in [0.2, 0.25) is 12.7 Å². The summed E-state index contributed by atoms with van der Waals surface area (Å²) in [4.78, 5) is 16.5. The Morgan fingerprint density at radius 3 is 2.86 bits per heavy atom. The molecule has 1 aromatic heterocycles. The molecule has 5 nitrogen and oxygen atoms in total. The first kappa shape index (κ1) is 13.6. The van der Waals surface area contributed by atoms with Gasteiger partial charge in [0.15, 0.2) is 11.5 Å². The second-order valence-corrected chi connectivity index (χ2v) is 6.17. The fourth-order valence-electron chi connectivity index (χ4n) is 2.39. The van der Waals surface area contributed by atoms with Crippen molar-refractivity contribution >= 4 is 33.5 Å². The summed E-state index contributed by atoms with van der Waals surface area (Å²) in [5.41, 5.74) is 1.24. The van der Waals surface area contributed by atoms with Crippen LogP contribution in [0.4, 0.5) is 0 Å². The molecule has 110 valence electrons. The van der Waals surface area contributed by atoms with Crippen molar-refractivity contribution < 1.29 is 13.9 Å². The molecule has 0 radical (unpaired) electrons. The maximum absolute atomic E-state index is 12.0. The highest BCUT2D eigenvalue weighted by molar-refractivity contribution is 14.1. The molecule has 0 N–H and O–H groups in total. The summed E-state index contributed by atoms with van der Waals surface area (Å²) in [6.07, 6.45) is 0.424. The number of ether oxygens (including phenoxy) is 2. The van der Waals surface area contributed by atoms with Gasteiger partial charge in [-0.3, -0.25) is 0 Å². The van der Waals surface area contributed by atoms with Gasteiger partial charge in [-0.05, 0) is 58.5 Å². The number of rotatable bonds is 2. The van der Waals surface area contributed by atoms with Crippen molar-refractivity contribution in [3.8, 4) is 11.5 Å². The quantitative estimate of drug-likeness (QED) is 0.611. The lowest BCUT2D eigenvalue weighted by Crippen LogP contribution is -2.05. The van der Waals surface area contributed by atoms with Gasteiger partial charge < -0.3 is 13.9 Å². The third-order valence-corrected chi connectivity index (χ3v) is 4.10. The van der Waals surface area contributed by atoms with Crippen LogP contribution in [0.25, 0.3) is 10.9 Å². The van der Waals surface area contributed by atoms with Crippen molar-refractivity contribution in [3.63, 3.8) is 0 Å². The largest absolute Gasteiger partial charge is 0.454 e. The molecule has 0 amide bonds. The number of hydrogen-bond donors (Lipinski definition) is 0. The van der Waals surface area contributed by atoms with E-state index in [-0.39, 0.29) is 12.4 Å². The van der Waals surface area contributed by atoms with Crippen LogP contribution < -0.4 is 15.1 Å². The van der Waals surface area contributed by atoms with Gasteiger partial charge in [-0.25, -0.2) is 9.78 Å². The van der Waals surface area contributed by atoms with E-state index in [1.807, 2.05) is 30.3 Å². The first-order chi connectivity index (χ1) is 10.7. The maximum Gasteiger partial charge on any atom is 0.346 e. The Morgan fingerprint density at radius 2 is 1.95 bits per heavy atom. The highest BCUT2D eigenvalue weighted by Gasteiger charge is 2.14. The lowest BCUT2D eigenvalue weighted by atomic mass is 10.1. The summed E-state index contributed by atoms with van der Waals surface area (Å²) in [7, 11) is 0. The lowest BCUT2D eigenvalue weighted by Gasteiger charge is -2.03. The van der Waals surface area contributed by atoms with E-state index in [2.05, 4.69) is 27.6 Å². The molecule has 1 aliphatic heterocycles. The Labute approximate surface area is 139 Å². The molecule has 2 aromatic carbocycles. The normalized spacial score (nSPS) is 12.8. The Bertz CT molecular complexity index is 935. The number of benzene rings is 2. The van der Waals surface area contributed by atoms with Gasteiger partial charge in [0.1, 0.15) is 0 Å². The summed E-state index contributed by atoms with van der Waals surface area (Å²) in [6.45, 7) is 0.237. The third-order valence-electron chi connectivity index (χ3n) is 3.43. The molecule has 6 heteroatoms. The van der Waals surface area contributed by atoms with Crippen LogP contribution in [0.15, 0.2) is 45.6 Å². The van der Waals surface area contributed by atoms with Crippen molar-refractivity contribution in [3.05, 3.63) is 61.8 Å². The Kier molecular flexibility index (Phi) is 3.25. The first-order valence-electron chi connectivity index (χ1n) is 6.67. The summed E-state index contributed by atoms with van der Waals surface area (Å²) in [5.74, 6) is 1.82. The first-order valence-corrected chi connectivity index (χ1v) is 7.75. The molecule has 0 saturated heterocycles. The molecule has 0 aliphatic carbocycles. The van der Waals surface area contributed by atoms with Crippen LogP contribution in [0.5, 0.6) is 11.5 Å². The molecule has 0 saturated carbocycles. The standard InChI is InChI=1S/C16H10INO4/c17-10-2-3-11-12(7-10)18-15(22-16(11)19)6-9-1-4-13-14(5-9)21-8-20-13/h1-5,7H,6,8H2. The molecule has 1 aliphatic rings. The SMILES string of the molecule is O=c1oc(Cc2ccc3c(c2)OCO3)nc2cc(I)ccc12. The van der Waals surface area contributed by atoms with Gasteiger partial charge in [0.25, 0.3) is 0 Å². The number of nitrogens with zero attached hydrogens (tertiary/aromatic N) is 1. The number of halogens is 1. The third kappa shape index (κ3) is 2.43. The molecule has 2 heterocycles. The van der Waals surface area contributed by atoms with E-state index in [0.29, 0.717) is 29.0 Å². The number of hydrogen-bond acceptors (Lipinski definition) is 5. The average molecular weight is 407 g/mol. The zero-order valence-corrected chi connectivity index (χ0v) is 13.5. The van der Waals surface area contributed by atoms with E-state index in [0.717, 1.165) is 14.9 Å². The molecule has 0 unspecified atom stereocenters. The molecule has 4 rings (SSSR count). The molecular weight excluding hydrogens is 397 g/mol. The maximum atomic E-state index is 12.0. The second kappa shape index (κ2) is 5.28. The molecule has 3 aromatic rings. The van der Waals surface area contributed by atoms with Crippen LogP contribution in [-0.4, -0.2) is 11.8 Å². The lowest BCUT2D eigenvalue weighted by molar-refractivity contribution is 0.174. The molecule has 0 atom stereocenters. The smallest absolute Gasteiger partial charge is 0.346 e. The molecular formula is C16H10INO4. The van der Waals surface area contributed by atoms with Gasteiger partial charge in [0, 0.05) is 9.99 Å². The highest BCUT2D eigenvalue weighted by Crippen LogP contribution is 2.33. The summed E-state index contributed by atoms with van der Waals surface area (Å²) in [5, 5.41) is 0.495. The van der Waals surface area contributed by atoms with Crippen LogP contribution in [-0.2, 0) is 6.42 Å². The van der Waals surface area contributed by atoms with Crippen molar-refractivity contribution in [2.24, 2.45) is 0 Å². The van der Waals surface area contributed by atoms with Gasteiger partial charge in [-0.15, -0.1) is 0 Å². The topological polar surface area (TPSA) is 61.6 Å². The molecule has 0 fully saturated rings. The Balaban J connectivity index is 1.73. The number of fused-ring (bicyclic) bond motifs is 2. The van der Waals surface area contributed by atoms with Crippen LogP contribution in [0, 0.1) is 3.57 Å². The fourth-order valence-corrected chi connectivity index (χ4v) is 2.86. The highest BCUT2D eigenvalue weighted by atomic mass is 127. The van der Waals surface area contributed by atoms with E-state index in [4.69, 9.17) is 13.9 Å². The van der Waals surface area contributed by atoms with E-state index in [1.54, 1.807) is 6.07 Å². The summed E-state index contributed by atoms with van der Waals surface area (Å²) < 4.78 is 17.0. The van der Waals surface area contributed by atoms with Crippen molar-refractivity contribution in [1.82, 2.24) is 4.98 Å². The van der Waals surface area contributed by atoms with E-state index in [1.165, 1.54) is 0 Å². The summed E-state index contributed by atoms with van der Waals surface area (Å²) >= 11 is 2.19. The predicted octanol–water partition coefficient (Wildman–Crippen LogP) is 3.11. The van der Waals surface area contributed by atoms with Gasteiger partial charge in [-0.1, -0.05) is 6.07 Å². The van der Waals surface area contributed by atoms with Gasteiger partial charge in [0.05, 0.1) is 10.9 Å². The monoisotopic (exact) mass is 407 g/mol. The molecule has 0 spiro atoms. The van der Waals surface area contributed by atoms with Crippen molar-refractivity contribution in [2.45, 2.75) is 6.42 Å². The Morgan fingerprint density at radius 1 is 1.09 bits per heavy atom. The second-order valence-electron chi connectivity index (χ2n) is 4.92. The minimum atomic E-state index is -0.364. The molecule has 0 bridgehead atoms. The van der Waals surface area contributed by atoms with Gasteiger partial charge in [-0.2, -0.15) is 0 Å². The average Bonchev–Trinajstić information content (AvgIpc) is 2.94. The van der Waals surface area contributed by atoms with E-state index in [9.17, 15) is 4.79 Å². The van der Waals surface area contributed by atoms with E-state index >= 15 is 0 Å². The zero-order valence-electron chi connectivity index (χ0n) is 11.3. The fraction of sp³-hybridized carbons (Fsp3) is 0.125. The predicted molar refractivity (Wildman–Crippen MR) is 88.4 cm³/mol. The Hall–Kier alpha value is -2.09. The molecule has 22 heavy (non-hydrogen) atoms. The van der Waals surface area contributed by atoms with E-state index < -0.39 is 0 Å². The number of aromatic nitrogens is 1. The zero-order chi connectivity index (χ0) is 15.1. The van der Waals surface area contributed by atoms with Crippen LogP contribution in [0.1, 0.15) is 11.5 Å². The van der Waals surface area contributed by atoms with Crippen molar-refractivity contribution in [2.75, 3.05) is 6.79 Å². The van der Waals surface area contributed by atoms with Crippen LogP contribution in [0.2, 0.25) is 0 Å². The van der Waals surface area contributed by atoms with Gasteiger partial charge >= 0.3 is 5.63 Å². The van der Waals surface area contributed by atoms with Crippen molar-refractivity contribution in [1.29, 1.82) is 0 Å².